The summed E-state index contributed by atoms with van der Waals surface area (Å²) in [5.41, 5.74) is 0.949. The van der Waals surface area contributed by atoms with Crippen LogP contribution in [-0.2, 0) is 11.3 Å². The van der Waals surface area contributed by atoms with Gasteiger partial charge in [-0.15, -0.1) is 0 Å². The van der Waals surface area contributed by atoms with Crippen LogP contribution in [0.2, 0.25) is 0 Å². The third-order valence-electron chi connectivity index (χ3n) is 4.23. The summed E-state index contributed by atoms with van der Waals surface area (Å²) in [6, 6.07) is 7.59. The number of nitrogens with zero attached hydrogens (tertiary/aromatic N) is 2. The van der Waals surface area contributed by atoms with Crippen molar-refractivity contribution in [2.75, 3.05) is 23.3 Å². The van der Waals surface area contributed by atoms with E-state index in [1.807, 2.05) is 19.9 Å². The van der Waals surface area contributed by atoms with Crippen molar-refractivity contribution in [1.82, 2.24) is 4.98 Å². The first-order valence-corrected chi connectivity index (χ1v) is 8.53. The molecule has 1 amide bonds. The van der Waals surface area contributed by atoms with Crippen LogP contribution in [0.15, 0.2) is 36.5 Å². The number of halogens is 1. The Bertz CT molecular complexity index is 772. The molecule has 1 aromatic carbocycles. The number of aliphatic hydroxyl groups is 1. The number of hydrogen-bond donors (Lipinski definition) is 2. The van der Waals surface area contributed by atoms with Crippen molar-refractivity contribution in [2.24, 2.45) is 0 Å². The second-order valence-corrected chi connectivity index (χ2v) is 6.49. The van der Waals surface area contributed by atoms with E-state index >= 15 is 0 Å². The molecule has 1 saturated heterocycles. The summed E-state index contributed by atoms with van der Waals surface area (Å²) in [5, 5.41) is 11.8. The van der Waals surface area contributed by atoms with Gasteiger partial charge in [0.1, 0.15) is 11.6 Å². The van der Waals surface area contributed by atoms with Gasteiger partial charge in [0.05, 0.1) is 24.4 Å². The van der Waals surface area contributed by atoms with Crippen molar-refractivity contribution in [3.05, 3.63) is 53.5 Å². The molecule has 0 spiro atoms. The molecule has 2 N–H and O–H groups in total. The number of nitrogens with one attached hydrogen (secondary N) is 1. The fourth-order valence-electron chi connectivity index (χ4n) is 3.05. The molecule has 0 bridgehead atoms. The molecule has 0 aliphatic carbocycles. The third kappa shape index (κ3) is 4.17. The smallest absolute Gasteiger partial charge is 0.257 e. The largest absolute Gasteiger partial charge is 0.392 e. The molecular formula is C19H22FN3O3. The second-order valence-electron chi connectivity index (χ2n) is 6.49. The Morgan fingerprint density at radius 1 is 1.31 bits per heavy atom. The maximum atomic E-state index is 13.4. The first-order valence-electron chi connectivity index (χ1n) is 8.53. The van der Waals surface area contributed by atoms with Crippen molar-refractivity contribution < 1.29 is 19.0 Å². The lowest BCUT2D eigenvalue weighted by Gasteiger charge is -2.36. The van der Waals surface area contributed by atoms with E-state index in [0.29, 0.717) is 11.3 Å². The van der Waals surface area contributed by atoms with Gasteiger partial charge in [-0.25, -0.2) is 9.37 Å². The van der Waals surface area contributed by atoms with E-state index in [9.17, 15) is 9.18 Å². The van der Waals surface area contributed by atoms with Crippen molar-refractivity contribution in [1.29, 1.82) is 0 Å². The van der Waals surface area contributed by atoms with Gasteiger partial charge in [0.25, 0.3) is 5.91 Å². The molecule has 7 heteroatoms. The topological polar surface area (TPSA) is 74.7 Å². The van der Waals surface area contributed by atoms with Crippen LogP contribution in [0.25, 0.3) is 0 Å². The van der Waals surface area contributed by atoms with Gasteiger partial charge in [-0.3, -0.25) is 4.79 Å². The molecule has 138 valence electrons. The molecule has 1 aliphatic rings. The number of carbonyl (C=O) groups excluding carboxylic acids is 1. The Hall–Kier alpha value is -2.51. The van der Waals surface area contributed by atoms with Gasteiger partial charge in [-0.1, -0.05) is 0 Å². The minimum atomic E-state index is -0.509. The molecule has 1 aliphatic heterocycles. The lowest BCUT2D eigenvalue weighted by molar-refractivity contribution is -0.00546. The highest BCUT2D eigenvalue weighted by Crippen LogP contribution is 2.19. The molecule has 0 saturated carbocycles. The van der Waals surface area contributed by atoms with Gasteiger partial charge in [-0.05, 0) is 44.2 Å². The minimum absolute atomic E-state index is 0.128. The monoisotopic (exact) mass is 359 g/mol. The molecule has 3 rings (SSSR count). The van der Waals surface area contributed by atoms with Crippen molar-refractivity contribution in [2.45, 2.75) is 32.7 Å². The van der Waals surface area contributed by atoms with E-state index in [2.05, 4.69) is 15.2 Å². The fourth-order valence-corrected chi connectivity index (χ4v) is 3.05. The van der Waals surface area contributed by atoms with Gasteiger partial charge in [0.2, 0.25) is 0 Å². The van der Waals surface area contributed by atoms with Gasteiger partial charge in [-0.2, -0.15) is 0 Å². The van der Waals surface area contributed by atoms with Gasteiger partial charge in [0.15, 0.2) is 0 Å². The molecule has 2 unspecified atom stereocenters. The minimum Gasteiger partial charge on any atom is -0.392 e. The third-order valence-corrected chi connectivity index (χ3v) is 4.23. The molecular weight excluding hydrogens is 337 g/mol. The summed E-state index contributed by atoms with van der Waals surface area (Å²) >= 11 is 0. The number of pyridine rings is 1. The SMILES string of the molecule is CC1CN(c2ccc(C(=O)Nc3ccc(F)c(CO)c3)cn2)CC(C)O1. The average molecular weight is 359 g/mol. The second kappa shape index (κ2) is 7.80. The van der Waals surface area contributed by atoms with Crippen LogP contribution in [0.5, 0.6) is 0 Å². The Morgan fingerprint density at radius 2 is 2.04 bits per heavy atom. The first-order chi connectivity index (χ1) is 12.5. The quantitative estimate of drug-likeness (QED) is 0.878. The number of amides is 1. The number of rotatable bonds is 4. The highest BCUT2D eigenvalue weighted by molar-refractivity contribution is 6.04. The number of ether oxygens (including phenoxy) is 1. The molecule has 6 nitrogen and oxygen atoms in total. The summed E-state index contributed by atoms with van der Waals surface area (Å²) in [6.45, 7) is 5.12. The summed E-state index contributed by atoms with van der Waals surface area (Å²) in [7, 11) is 0. The summed E-state index contributed by atoms with van der Waals surface area (Å²) in [4.78, 5) is 18.9. The van der Waals surface area contributed by atoms with Gasteiger partial charge < -0.3 is 20.1 Å². The normalized spacial score (nSPS) is 20.1. The summed E-state index contributed by atoms with van der Waals surface area (Å²) in [5.74, 6) is -0.0540. The molecule has 2 aromatic rings. The lowest BCUT2D eigenvalue weighted by atomic mass is 10.2. The van der Waals surface area contributed by atoms with Crippen LogP contribution in [0.4, 0.5) is 15.9 Å². The van der Waals surface area contributed by atoms with Crippen LogP contribution in [-0.4, -0.2) is 41.3 Å². The highest BCUT2D eigenvalue weighted by atomic mass is 19.1. The molecule has 1 aromatic heterocycles. The van der Waals surface area contributed by atoms with Crippen LogP contribution in [0, 0.1) is 5.82 Å². The van der Waals surface area contributed by atoms with Gasteiger partial charge in [0, 0.05) is 30.5 Å². The Morgan fingerprint density at radius 3 is 2.65 bits per heavy atom. The molecule has 2 atom stereocenters. The highest BCUT2D eigenvalue weighted by Gasteiger charge is 2.23. The number of hydrogen-bond acceptors (Lipinski definition) is 5. The van der Waals surface area contributed by atoms with E-state index in [1.54, 1.807) is 6.07 Å². The zero-order valence-electron chi connectivity index (χ0n) is 14.8. The lowest BCUT2D eigenvalue weighted by Crippen LogP contribution is -2.45. The summed E-state index contributed by atoms with van der Waals surface area (Å²) < 4.78 is 19.1. The van der Waals surface area contributed by atoms with E-state index < -0.39 is 12.4 Å². The van der Waals surface area contributed by atoms with Crippen molar-refractivity contribution in [3.63, 3.8) is 0 Å². The molecule has 2 heterocycles. The van der Waals surface area contributed by atoms with Crippen LogP contribution in [0.1, 0.15) is 29.8 Å². The maximum Gasteiger partial charge on any atom is 0.257 e. The number of morpholine rings is 1. The zero-order valence-corrected chi connectivity index (χ0v) is 14.8. The Kier molecular flexibility index (Phi) is 5.49. The van der Waals surface area contributed by atoms with E-state index in [4.69, 9.17) is 9.84 Å². The molecule has 1 fully saturated rings. The first kappa shape index (κ1) is 18.3. The van der Waals surface area contributed by atoms with Gasteiger partial charge >= 0.3 is 0 Å². The standard InChI is InChI=1S/C19H22FN3O3/c1-12-9-23(10-13(2)26-12)18-6-3-14(8-21-18)19(25)22-16-4-5-17(20)15(7-16)11-24/h3-8,12-13,24H,9-11H2,1-2H3,(H,22,25). The molecule has 0 radical (unpaired) electrons. The van der Waals surface area contributed by atoms with Crippen molar-refractivity contribution in [3.8, 4) is 0 Å². The van der Waals surface area contributed by atoms with Crippen molar-refractivity contribution >= 4 is 17.4 Å². The van der Waals surface area contributed by atoms with E-state index in [0.717, 1.165) is 18.9 Å². The van der Waals surface area contributed by atoms with Crippen LogP contribution >= 0.6 is 0 Å². The number of benzene rings is 1. The fraction of sp³-hybridized carbons (Fsp3) is 0.368. The predicted molar refractivity (Wildman–Crippen MR) is 96.7 cm³/mol. The number of anilines is 2. The zero-order chi connectivity index (χ0) is 18.7. The Labute approximate surface area is 151 Å². The number of aliphatic hydroxyl groups excluding tert-OH is 1. The average Bonchev–Trinajstić information content (AvgIpc) is 2.62. The Balaban J connectivity index is 1.69. The van der Waals surface area contributed by atoms with Crippen LogP contribution < -0.4 is 10.2 Å². The predicted octanol–water partition coefficient (Wildman–Crippen LogP) is 2.58. The maximum absolute atomic E-state index is 13.4. The number of carbonyl (C=O) groups is 1. The molecule has 26 heavy (non-hydrogen) atoms. The van der Waals surface area contributed by atoms with E-state index in [-0.39, 0.29) is 23.7 Å². The van der Waals surface area contributed by atoms with E-state index in [1.165, 1.54) is 24.4 Å². The summed E-state index contributed by atoms with van der Waals surface area (Å²) in [6.07, 6.45) is 1.77. The van der Waals surface area contributed by atoms with Crippen LogP contribution in [0.3, 0.4) is 0 Å². The number of aromatic nitrogens is 1.